The maximum atomic E-state index is 12.4. The van der Waals surface area contributed by atoms with E-state index in [4.69, 9.17) is 4.74 Å². The molecule has 0 aromatic carbocycles. The molecule has 1 aliphatic heterocycles. The number of rotatable bonds is 8. The fourth-order valence-electron chi connectivity index (χ4n) is 3.31. The normalized spacial score (nSPS) is 20.5. The number of methoxy groups -OCH3 is 1. The lowest BCUT2D eigenvalue weighted by molar-refractivity contribution is -0.136. The Bertz CT molecular complexity index is 599. The minimum Gasteiger partial charge on any atom is -0.383 e. The van der Waals surface area contributed by atoms with Gasteiger partial charge in [-0.3, -0.25) is 14.3 Å². The van der Waals surface area contributed by atoms with Crippen molar-refractivity contribution >= 4 is 11.8 Å². The Balaban J connectivity index is 1.50. The number of nitrogens with zero attached hydrogens (tertiary/aromatic N) is 4. The van der Waals surface area contributed by atoms with E-state index < -0.39 is 0 Å². The lowest BCUT2D eigenvalue weighted by Crippen LogP contribution is -2.45. The van der Waals surface area contributed by atoms with Gasteiger partial charge in [0.2, 0.25) is 5.91 Å². The van der Waals surface area contributed by atoms with Crippen molar-refractivity contribution in [3.8, 4) is 0 Å². The SMILES string of the molecule is COCCNC(=O)c1cn(CCC2CCCCN2C(=O)C2CC2)nn1. The fourth-order valence-corrected chi connectivity index (χ4v) is 3.31. The topological polar surface area (TPSA) is 89.4 Å². The third kappa shape index (κ3) is 4.78. The van der Waals surface area contributed by atoms with Gasteiger partial charge in [0.05, 0.1) is 12.8 Å². The van der Waals surface area contributed by atoms with Crippen molar-refractivity contribution in [3.63, 3.8) is 0 Å². The number of aromatic nitrogens is 3. The third-order valence-corrected chi connectivity index (χ3v) is 4.89. The van der Waals surface area contributed by atoms with E-state index in [-0.39, 0.29) is 17.9 Å². The summed E-state index contributed by atoms with van der Waals surface area (Å²) in [7, 11) is 1.59. The summed E-state index contributed by atoms with van der Waals surface area (Å²) in [6, 6.07) is 0.282. The predicted molar refractivity (Wildman–Crippen MR) is 90.9 cm³/mol. The molecular weight excluding hydrogens is 322 g/mol. The van der Waals surface area contributed by atoms with Crippen LogP contribution in [0.1, 0.15) is 49.0 Å². The van der Waals surface area contributed by atoms with E-state index >= 15 is 0 Å². The molecule has 2 amide bonds. The quantitative estimate of drug-likeness (QED) is 0.703. The minimum atomic E-state index is -0.244. The molecule has 1 atom stereocenters. The van der Waals surface area contributed by atoms with Gasteiger partial charge in [0.15, 0.2) is 5.69 Å². The molecule has 1 saturated heterocycles. The molecule has 8 heteroatoms. The summed E-state index contributed by atoms with van der Waals surface area (Å²) in [5.74, 6) is 0.363. The molecule has 0 spiro atoms. The highest BCUT2D eigenvalue weighted by molar-refractivity contribution is 5.91. The van der Waals surface area contributed by atoms with Crippen molar-refractivity contribution in [3.05, 3.63) is 11.9 Å². The zero-order valence-electron chi connectivity index (χ0n) is 14.8. The maximum absolute atomic E-state index is 12.4. The number of piperidine rings is 1. The highest BCUT2D eigenvalue weighted by Gasteiger charge is 2.37. The molecule has 25 heavy (non-hydrogen) atoms. The minimum absolute atomic E-state index is 0.244. The van der Waals surface area contributed by atoms with Crippen LogP contribution in [0.5, 0.6) is 0 Å². The average Bonchev–Trinajstić information content (AvgIpc) is 3.37. The second kappa shape index (κ2) is 8.42. The van der Waals surface area contributed by atoms with Gasteiger partial charge in [-0.2, -0.15) is 0 Å². The van der Waals surface area contributed by atoms with Gasteiger partial charge in [-0.25, -0.2) is 0 Å². The largest absolute Gasteiger partial charge is 0.383 e. The second-order valence-electron chi connectivity index (χ2n) is 6.86. The van der Waals surface area contributed by atoms with Crippen molar-refractivity contribution in [2.24, 2.45) is 5.92 Å². The molecule has 0 bridgehead atoms. The molecule has 1 aliphatic carbocycles. The standard InChI is InChI=1S/C17H27N5O3/c1-25-11-8-18-16(23)15-12-21(20-19-15)10-7-14-4-2-3-9-22(14)17(24)13-5-6-13/h12-14H,2-11H2,1H3,(H,18,23). The number of hydrogen-bond donors (Lipinski definition) is 1. The Kier molecular flexibility index (Phi) is 6.01. The lowest BCUT2D eigenvalue weighted by Gasteiger charge is -2.36. The first kappa shape index (κ1) is 17.8. The van der Waals surface area contributed by atoms with Crippen LogP contribution in [-0.4, -0.2) is 64.6 Å². The summed E-state index contributed by atoms with van der Waals surface area (Å²) in [4.78, 5) is 26.4. The highest BCUT2D eigenvalue weighted by atomic mass is 16.5. The molecule has 1 aromatic heterocycles. The van der Waals surface area contributed by atoms with Gasteiger partial charge in [-0.1, -0.05) is 5.21 Å². The van der Waals surface area contributed by atoms with E-state index in [1.165, 1.54) is 6.42 Å². The smallest absolute Gasteiger partial charge is 0.273 e. The number of aryl methyl sites for hydroxylation is 1. The summed E-state index contributed by atoms with van der Waals surface area (Å²) in [5, 5.41) is 10.7. The van der Waals surface area contributed by atoms with Crippen molar-refractivity contribution in [2.75, 3.05) is 26.8 Å². The first-order chi connectivity index (χ1) is 12.2. The van der Waals surface area contributed by atoms with Crippen LogP contribution in [0.25, 0.3) is 0 Å². The molecule has 3 rings (SSSR count). The zero-order valence-corrected chi connectivity index (χ0v) is 14.8. The molecule has 2 aliphatic rings. The van der Waals surface area contributed by atoms with E-state index in [0.717, 1.165) is 38.6 Å². The first-order valence-electron chi connectivity index (χ1n) is 9.17. The van der Waals surface area contributed by atoms with Crippen LogP contribution in [0.4, 0.5) is 0 Å². The van der Waals surface area contributed by atoms with Crippen molar-refractivity contribution in [1.82, 2.24) is 25.2 Å². The van der Waals surface area contributed by atoms with Gasteiger partial charge in [0.25, 0.3) is 5.91 Å². The zero-order chi connectivity index (χ0) is 17.6. The van der Waals surface area contributed by atoms with Crippen LogP contribution in [0.2, 0.25) is 0 Å². The van der Waals surface area contributed by atoms with E-state index in [1.54, 1.807) is 18.0 Å². The number of hydrogen-bond acceptors (Lipinski definition) is 5. The predicted octanol–water partition coefficient (Wildman–Crippen LogP) is 0.836. The van der Waals surface area contributed by atoms with Gasteiger partial charge in [0, 0.05) is 38.7 Å². The monoisotopic (exact) mass is 349 g/mol. The van der Waals surface area contributed by atoms with E-state index in [9.17, 15) is 9.59 Å². The van der Waals surface area contributed by atoms with Gasteiger partial charge < -0.3 is 15.0 Å². The number of likely N-dealkylation sites (tertiary alicyclic amines) is 1. The number of ether oxygens (including phenoxy) is 1. The van der Waals surface area contributed by atoms with Crippen LogP contribution in [0.3, 0.4) is 0 Å². The molecular formula is C17H27N5O3. The molecule has 1 unspecified atom stereocenters. The second-order valence-corrected chi connectivity index (χ2v) is 6.86. The first-order valence-corrected chi connectivity index (χ1v) is 9.17. The summed E-state index contributed by atoms with van der Waals surface area (Å²) < 4.78 is 6.60. The Morgan fingerprint density at radius 1 is 1.32 bits per heavy atom. The molecule has 1 saturated carbocycles. The summed E-state index contributed by atoms with van der Waals surface area (Å²) in [6.07, 6.45) is 7.94. The Labute approximate surface area is 147 Å². The van der Waals surface area contributed by atoms with Crippen LogP contribution >= 0.6 is 0 Å². The number of carbonyl (C=O) groups is 2. The summed E-state index contributed by atoms with van der Waals surface area (Å²) in [6.45, 7) is 2.46. The maximum Gasteiger partial charge on any atom is 0.273 e. The van der Waals surface area contributed by atoms with Gasteiger partial charge in [-0.05, 0) is 38.5 Å². The van der Waals surface area contributed by atoms with Gasteiger partial charge in [-0.15, -0.1) is 5.10 Å². The van der Waals surface area contributed by atoms with Gasteiger partial charge in [0.1, 0.15) is 0 Å². The number of carbonyl (C=O) groups excluding carboxylic acids is 2. The Hall–Kier alpha value is -1.96. The Morgan fingerprint density at radius 3 is 2.92 bits per heavy atom. The number of nitrogens with one attached hydrogen (secondary N) is 1. The van der Waals surface area contributed by atoms with E-state index in [0.29, 0.717) is 31.3 Å². The summed E-state index contributed by atoms with van der Waals surface area (Å²) in [5.41, 5.74) is 0.311. The van der Waals surface area contributed by atoms with Crippen LogP contribution in [0, 0.1) is 5.92 Å². The third-order valence-electron chi connectivity index (χ3n) is 4.89. The average molecular weight is 349 g/mol. The molecule has 2 fully saturated rings. The fraction of sp³-hybridized carbons (Fsp3) is 0.765. The van der Waals surface area contributed by atoms with Crippen LogP contribution in [0.15, 0.2) is 6.20 Å². The van der Waals surface area contributed by atoms with Crippen LogP contribution < -0.4 is 5.32 Å². The van der Waals surface area contributed by atoms with E-state index in [2.05, 4.69) is 20.5 Å². The van der Waals surface area contributed by atoms with Crippen molar-refractivity contribution in [1.29, 1.82) is 0 Å². The molecule has 1 aromatic rings. The van der Waals surface area contributed by atoms with E-state index in [1.807, 2.05) is 0 Å². The van der Waals surface area contributed by atoms with Crippen LogP contribution in [-0.2, 0) is 16.1 Å². The molecule has 2 heterocycles. The van der Waals surface area contributed by atoms with Crippen molar-refractivity contribution < 1.29 is 14.3 Å². The highest BCUT2D eigenvalue weighted by Crippen LogP contribution is 2.33. The Morgan fingerprint density at radius 2 is 2.16 bits per heavy atom. The molecule has 1 N–H and O–H groups in total. The van der Waals surface area contributed by atoms with Gasteiger partial charge >= 0.3 is 0 Å². The van der Waals surface area contributed by atoms with Crippen molar-refractivity contribution in [2.45, 2.75) is 51.1 Å². The molecule has 8 nitrogen and oxygen atoms in total. The molecule has 138 valence electrons. The number of amides is 2. The lowest BCUT2D eigenvalue weighted by atomic mass is 9.98. The molecule has 0 radical (unpaired) electrons. The summed E-state index contributed by atoms with van der Waals surface area (Å²) >= 11 is 0.